The molecule has 0 bridgehead atoms. The summed E-state index contributed by atoms with van der Waals surface area (Å²) in [5.74, 6) is 1.22. The Morgan fingerprint density at radius 1 is 1.17 bits per heavy atom. The maximum absolute atomic E-state index is 12.1. The minimum atomic E-state index is 0.0307. The maximum atomic E-state index is 12.1. The predicted octanol–water partition coefficient (Wildman–Crippen LogP) is 4.57. The highest BCUT2D eigenvalue weighted by Crippen LogP contribution is 2.25. The van der Waals surface area contributed by atoms with Crippen molar-refractivity contribution in [3.05, 3.63) is 54.1 Å². The zero-order valence-corrected chi connectivity index (χ0v) is 15.1. The van der Waals surface area contributed by atoms with Crippen LogP contribution in [-0.2, 0) is 4.79 Å². The Hall–Kier alpha value is -1.94. The van der Waals surface area contributed by atoms with Crippen LogP contribution in [0.3, 0.4) is 0 Å². The molecular weight excluding hydrogens is 316 g/mol. The molecule has 24 heavy (non-hydrogen) atoms. The summed E-state index contributed by atoms with van der Waals surface area (Å²) in [4.78, 5) is 15.6. The van der Waals surface area contributed by atoms with E-state index in [0.29, 0.717) is 5.75 Å². The molecular formula is C20H24N2OS. The summed E-state index contributed by atoms with van der Waals surface area (Å²) in [5, 5.41) is 2.97. The van der Waals surface area contributed by atoms with Crippen molar-refractivity contribution >= 4 is 29.0 Å². The number of rotatable bonds is 5. The van der Waals surface area contributed by atoms with Crippen LogP contribution >= 0.6 is 11.8 Å². The molecule has 2 aromatic rings. The van der Waals surface area contributed by atoms with E-state index in [9.17, 15) is 4.79 Å². The summed E-state index contributed by atoms with van der Waals surface area (Å²) < 4.78 is 0. The van der Waals surface area contributed by atoms with E-state index in [0.717, 1.165) is 29.6 Å². The van der Waals surface area contributed by atoms with Crippen molar-refractivity contribution in [3.8, 4) is 0 Å². The molecule has 3 rings (SSSR count). The predicted molar refractivity (Wildman–Crippen MR) is 103 cm³/mol. The van der Waals surface area contributed by atoms with E-state index in [1.54, 1.807) is 11.8 Å². The summed E-state index contributed by atoms with van der Waals surface area (Å²) in [6.45, 7) is 6.60. The van der Waals surface area contributed by atoms with E-state index >= 15 is 0 Å². The second kappa shape index (κ2) is 7.75. The van der Waals surface area contributed by atoms with Crippen molar-refractivity contribution in [1.82, 2.24) is 0 Å². The van der Waals surface area contributed by atoms with Gasteiger partial charge in [0.2, 0.25) is 5.91 Å². The van der Waals surface area contributed by atoms with Gasteiger partial charge in [-0.15, -0.1) is 11.8 Å². The minimum Gasteiger partial charge on any atom is -0.371 e. The highest BCUT2D eigenvalue weighted by atomic mass is 32.2. The Morgan fingerprint density at radius 3 is 2.50 bits per heavy atom. The monoisotopic (exact) mass is 340 g/mol. The minimum absolute atomic E-state index is 0.0307. The van der Waals surface area contributed by atoms with E-state index in [2.05, 4.69) is 60.5 Å². The van der Waals surface area contributed by atoms with Gasteiger partial charge in [-0.2, -0.15) is 0 Å². The molecule has 0 radical (unpaired) electrons. The third-order valence-electron chi connectivity index (χ3n) is 4.33. The number of aryl methyl sites for hydroxylation is 1. The number of carbonyl (C=O) groups is 1. The molecule has 0 aromatic heterocycles. The van der Waals surface area contributed by atoms with Gasteiger partial charge in [-0.05, 0) is 55.7 Å². The highest BCUT2D eigenvalue weighted by molar-refractivity contribution is 8.00. The molecule has 4 heteroatoms. The van der Waals surface area contributed by atoms with Gasteiger partial charge in [0.25, 0.3) is 0 Å². The van der Waals surface area contributed by atoms with Crippen LogP contribution in [0.15, 0.2) is 53.4 Å². The second-order valence-electron chi connectivity index (χ2n) is 6.54. The normalized spacial score (nSPS) is 17.1. The quantitative estimate of drug-likeness (QED) is 0.809. The summed E-state index contributed by atoms with van der Waals surface area (Å²) in [5.41, 5.74) is 3.34. The van der Waals surface area contributed by atoms with Gasteiger partial charge in [-0.3, -0.25) is 4.79 Å². The number of anilines is 2. The molecule has 3 nitrogen and oxygen atoms in total. The zero-order valence-electron chi connectivity index (χ0n) is 14.3. The van der Waals surface area contributed by atoms with Crippen LogP contribution in [0, 0.1) is 12.8 Å². The van der Waals surface area contributed by atoms with Crippen molar-refractivity contribution in [1.29, 1.82) is 0 Å². The van der Waals surface area contributed by atoms with Crippen LogP contribution in [0.5, 0.6) is 0 Å². The largest absolute Gasteiger partial charge is 0.371 e. The lowest BCUT2D eigenvalue weighted by molar-refractivity contribution is -0.113. The third kappa shape index (κ3) is 4.54. The standard InChI is InChI=1S/C20H24N2OS/c1-15-3-9-19(10-4-15)24-14-20(23)21-17-5-7-18(8-6-17)22-12-11-16(2)13-22/h3-10,16H,11-14H2,1-2H3,(H,21,23). The number of benzene rings is 2. The average Bonchev–Trinajstić information content (AvgIpc) is 3.01. The van der Waals surface area contributed by atoms with Crippen molar-refractivity contribution < 1.29 is 4.79 Å². The van der Waals surface area contributed by atoms with Crippen molar-refractivity contribution in [2.24, 2.45) is 5.92 Å². The second-order valence-corrected chi connectivity index (χ2v) is 7.59. The Morgan fingerprint density at radius 2 is 1.88 bits per heavy atom. The lowest BCUT2D eigenvalue weighted by atomic mass is 10.2. The number of hydrogen-bond acceptors (Lipinski definition) is 3. The molecule has 1 aliphatic heterocycles. The molecule has 1 unspecified atom stereocenters. The smallest absolute Gasteiger partial charge is 0.234 e. The number of thioether (sulfide) groups is 1. The maximum Gasteiger partial charge on any atom is 0.234 e. The molecule has 1 saturated heterocycles. The number of nitrogens with zero attached hydrogens (tertiary/aromatic N) is 1. The first-order valence-corrected chi connectivity index (χ1v) is 9.43. The first-order chi connectivity index (χ1) is 11.6. The lowest BCUT2D eigenvalue weighted by Crippen LogP contribution is -2.19. The van der Waals surface area contributed by atoms with E-state index in [4.69, 9.17) is 0 Å². The van der Waals surface area contributed by atoms with Crippen molar-refractivity contribution in [3.63, 3.8) is 0 Å². The zero-order chi connectivity index (χ0) is 16.9. The summed E-state index contributed by atoms with van der Waals surface area (Å²) in [6.07, 6.45) is 1.26. The molecule has 1 amide bonds. The molecule has 1 N–H and O–H groups in total. The molecule has 1 fully saturated rings. The molecule has 1 atom stereocenters. The van der Waals surface area contributed by atoms with Gasteiger partial charge in [-0.1, -0.05) is 24.6 Å². The van der Waals surface area contributed by atoms with Crippen LogP contribution in [-0.4, -0.2) is 24.7 Å². The van der Waals surface area contributed by atoms with Crippen LogP contribution in [0.25, 0.3) is 0 Å². The fourth-order valence-electron chi connectivity index (χ4n) is 2.91. The van der Waals surface area contributed by atoms with Crippen LogP contribution in [0.1, 0.15) is 18.9 Å². The van der Waals surface area contributed by atoms with Crippen molar-refractivity contribution in [2.75, 3.05) is 29.1 Å². The van der Waals surface area contributed by atoms with Crippen LogP contribution in [0.4, 0.5) is 11.4 Å². The molecule has 1 aliphatic rings. The molecule has 126 valence electrons. The topological polar surface area (TPSA) is 32.3 Å². The van der Waals surface area contributed by atoms with Crippen molar-refractivity contribution in [2.45, 2.75) is 25.2 Å². The third-order valence-corrected chi connectivity index (χ3v) is 5.34. The fraction of sp³-hybridized carbons (Fsp3) is 0.350. The first kappa shape index (κ1) is 16.9. The van der Waals surface area contributed by atoms with E-state index < -0.39 is 0 Å². The number of carbonyl (C=O) groups excluding carboxylic acids is 1. The Labute approximate surface area is 148 Å². The summed E-state index contributed by atoms with van der Waals surface area (Å²) in [7, 11) is 0. The average molecular weight is 340 g/mol. The Kier molecular flexibility index (Phi) is 5.46. The highest BCUT2D eigenvalue weighted by Gasteiger charge is 2.18. The van der Waals surface area contributed by atoms with E-state index in [-0.39, 0.29) is 5.91 Å². The molecule has 0 spiro atoms. The number of nitrogens with one attached hydrogen (secondary N) is 1. The SMILES string of the molecule is Cc1ccc(SCC(=O)Nc2ccc(N3CCC(C)C3)cc2)cc1. The van der Waals surface area contributed by atoms with Gasteiger partial charge in [0.05, 0.1) is 5.75 Å². The van der Waals surface area contributed by atoms with Gasteiger partial charge in [0.15, 0.2) is 0 Å². The molecule has 1 heterocycles. The van der Waals surface area contributed by atoms with E-state index in [1.165, 1.54) is 17.7 Å². The summed E-state index contributed by atoms with van der Waals surface area (Å²) in [6, 6.07) is 16.4. The summed E-state index contributed by atoms with van der Waals surface area (Å²) >= 11 is 1.56. The van der Waals surface area contributed by atoms with Gasteiger partial charge >= 0.3 is 0 Å². The van der Waals surface area contributed by atoms with Gasteiger partial charge in [0.1, 0.15) is 0 Å². The van der Waals surface area contributed by atoms with Gasteiger partial charge in [0, 0.05) is 29.4 Å². The molecule has 2 aromatic carbocycles. The lowest BCUT2D eigenvalue weighted by Gasteiger charge is -2.18. The molecule has 0 saturated carbocycles. The van der Waals surface area contributed by atoms with E-state index in [1.807, 2.05) is 12.1 Å². The Balaban J connectivity index is 1.50. The molecule has 0 aliphatic carbocycles. The first-order valence-electron chi connectivity index (χ1n) is 8.44. The number of hydrogen-bond donors (Lipinski definition) is 1. The van der Waals surface area contributed by atoms with Crippen LogP contribution in [0.2, 0.25) is 0 Å². The Bertz CT molecular complexity index is 682. The van der Waals surface area contributed by atoms with Gasteiger partial charge in [-0.25, -0.2) is 0 Å². The van der Waals surface area contributed by atoms with Crippen LogP contribution < -0.4 is 10.2 Å². The van der Waals surface area contributed by atoms with Gasteiger partial charge < -0.3 is 10.2 Å². The number of amides is 1. The fourth-order valence-corrected chi connectivity index (χ4v) is 3.60.